The van der Waals surface area contributed by atoms with Gasteiger partial charge >= 0.3 is 0 Å². The second-order valence-electron chi connectivity index (χ2n) is 7.95. The van der Waals surface area contributed by atoms with E-state index in [9.17, 15) is 4.79 Å². The summed E-state index contributed by atoms with van der Waals surface area (Å²) in [6.45, 7) is 2.10. The lowest BCUT2D eigenvalue weighted by molar-refractivity contribution is -0.116. The van der Waals surface area contributed by atoms with Gasteiger partial charge in [0.2, 0.25) is 5.95 Å². The monoisotopic (exact) mass is 416 g/mol. The van der Waals surface area contributed by atoms with Crippen LogP contribution >= 0.6 is 0 Å². The van der Waals surface area contributed by atoms with Crippen molar-refractivity contribution < 1.29 is 14.3 Å². The molecule has 0 saturated carbocycles. The van der Waals surface area contributed by atoms with Crippen LogP contribution in [-0.2, 0) is 4.79 Å². The number of methoxy groups -OCH3 is 2. The summed E-state index contributed by atoms with van der Waals surface area (Å²) in [5, 5.41) is 7.79. The van der Waals surface area contributed by atoms with Gasteiger partial charge in [0, 0.05) is 17.7 Å². The number of benzene rings is 2. The average molecular weight is 416 g/mol. The lowest BCUT2D eigenvalue weighted by Gasteiger charge is -2.35. The predicted octanol–water partition coefficient (Wildman–Crippen LogP) is 4.02. The lowest BCUT2D eigenvalue weighted by atomic mass is 9.77. The van der Waals surface area contributed by atoms with Crippen LogP contribution in [0.2, 0.25) is 0 Å². The highest BCUT2D eigenvalue weighted by molar-refractivity contribution is 6.00. The first-order valence-corrected chi connectivity index (χ1v) is 10.3. The second-order valence-corrected chi connectivity index (χ2v) is 7.95. The number of fused-ring (bicyclic) bond motifs is 1. The van der Waals surface area contributed by atoms with Crippen LogP contribution in [0.25, 0.3) is 0 Å². The summed E-state index contributed by atoms with van der Waals surface area (Å²) >= 11 is 0. The van der Waals surface area contributed by atoms with Gasteiger partial charge in [-0.25, -0.2) is 4.68 Å². The van der Waals surface area contributed by atoms with E-state index in [1.54, 1.807) is 18.9 Å². The summed E-state index contributed by atoms with van der Waals surface area (Å²) in [7, 11) is 3.21. The van der Waals surface area contributed by atoms with Crippen molar-refractivity contribution in [2.45, 2.75) is 31.7 Å². The van der Waals surface area contributed by atoms with Gasteiger partial charge in [-0.05, 0) is 48.1 Å². The molecule has 3 aromatic rings. The van der Waals surface area contributed by atoms with Crippen molar-refractivity contribution in [3.8, 4) is 11.5 Å². The van der Waals surface area contributed by atoms with Crippen LogP contribution in [0.1, 0.15) is 41.5 Å². The van der Waals surface area contributed by atoms with Gasteiger partial charge in [0.15, 0.2) is 17.3 Å². The fourth-order valence-corrected chi connectivity index (χ4v) is 4.75. The Morgan fingerprint density at radius 1 is 1.06 bits per heavy atom. The molecule has 0 bridgehead atoms. The highest BCUT2D eigenvalue weighted by Gasteiger charge is 2.39. The number of nitrogens with one attached hydrogen (secondary N) is 1. The number of carbonyl (C=O) groups is 1. The Labute approximate surface area is 180 Å². The topological polar surface area (TPSA) is 78.3 Å². The smallest absolute Gasteiger partial charge is 0.226 e. The molecule has 2 aliphatic rings. The molecule has 1 N–H and O–H groups in total. The molecular formula is C24H24N4O3. The molecule has 7 heteroatoms. The number of nitrogens with zero attached hydrogens (tertiary/aromatic N) is 3. The van der Waals surface area contributed by atoms with E-state index in [0.717, 1.165) is 23.3 Å². The molecule has 0 radical (unpaired) electrons. The molecular weight excluding hydrogens is 392 g/mol. The van der Waals surface area contributed by atoms with E-state index in [0.29, 0.717) is 23.9 Å². The minimum absolute atomic E-state index is 0.128. The van der Waals surface area contributed by atoms with Gasteiger partial charge < -0.3 is 14.8 Å². The number of hydrogen-bond acceptors (Lipinski definition) is 6. The molecule has 158 valence electrons. The van der Waals surface area contributed by atoms with E-state index in [-0.39, 0.29) is 17.7 Å². The molecule has 0 saturated heterocycles. The maximum Gasteiger partial charge on any atom is 0.226 e. The number of ketones is 1. The third kappa shape index (κ3) is 3.17. The highest BCUT2D eigenvalue weighted by atomic mass is 16.5. The molecule has 31 heavy (non-hydrogen) atoms. The van der Waals surface area contributed by atoms with Crippen molar-refractivity contribution in [3.63, 3.8) is 0 Å². The Hall–Kier alpha value is -3.61. The van der Waals surface area contributed by atoms with Gasteiger partial charge in [0.1, 0.15) is 12.4 Å². The molecule has 1 aliphatic heterocycles. The van der Waals surface area contributed by atoms with Crippen LogP contribution in [-0.4, -0.2) is 34.8 Å². The minimum Gasteiger partial charge on any atom is -0.493 e. The summed E-state index contributed by atoms with van der Waals surface area (Å²) in [6, 6.07) is 13.6. The third-order valence-corrected chi connectivity index (χ3v) is 6.21. The van der Waals surface area contributed by atoms with Gasteiger partial charge in [-0.2, -0.15) is 10.1 Å². The number of rotatable bonds is 4. The molecule has 2 heterocycles. The summed E-state index contributed by atoms with van der Waals surface area (Å²) in [6.07, 6.45) is 2.74. The first-order valence-electron chi connectivity index (χ1n) is 10.3. The maximum atomic E-state index is 13.5. The number of ether oxygens (including phenoxy) is 2. The molecule has 0 unspecified atom stereocenters. The van der Waals surface area contributed by atoms with Gasteiger partial charge in [-0.15, -0.1) is 0 Å². The van der Waals surface area contributed by atoms with Crippen molar-refractivity contribution in [3.05, 3.63) is 76.8 Å². The largest absolute Gasteiger partial charge is 0.493 e. The molecule has 5 rings (SSSR count). The van der Waals surface area contributed by atoms with Gasteiger partial charge in [-0.1, -0.05) is 30.3 Å². The van der Waals surface area contributed by atoms with Gasteiger partial charge in [-0.3, -0.25) is 4.79 Å². The van der Waals surface area contributed by atoms with E-state index in [2.05, 4.69) is 34.5 Å². The average Bonchev–Trinajstić information content (AvgIpc) is 3.25. The van der Waals surface area contributed by atoms with Gasteiger partial charge in [0.25, 0.3) is 0 Å². The molecule has 2 aromatic carbocycles. The molecule has 0 amide bonds. The van der Waals surface area contributed by atoms with Crippen molar-refractivity contribution in [2.75, 3.05) is 19.5 Å². The maximum absolute atomic E-state index is 13.5. The van der Waals surface area contributed by atoms with Crippen molar-refractivity contribution in [1.82, 2.24) is 14.8 Å². The number of Topliss-reactive ketones (excluding diaryl/α,β-unsaturated/α-hetero) is 1. The summed E-state index contributed by atoms with van der Waals surface area (Å²) in [5.41, 5.74) is 5.00. The van der Waals surface area contributed by atoms with Gasteiger partial charge in [0.05, 0.1) is 14.2 Å². The Morgan fingerprint density at radius 2 is 1.87 bits per heavy atom. The van der Waals surface area contributed by atoms with E-state index in [4.69, 9.17) is 9.47 Å². The van der Waals surface area contributed by atoms with Crippen LogP contribution in [0, 0.1) is 6.92 Å². The molecule has 0 spiro atoms. The van der Waals surface area contributed by atoms with Crippen molar-refractivity contribution in [1.29, 1.82) is 0 Å². The zero-order valence-electron chi connectivity index (χ0n) is 17.8. The van der Waals surface area contributed by atoms with E-state index >= 15 is 0 Å². The third-order valence-electron chi connectivity index (χ3n) is 6.21. The predicted molar refractivity (Wildman–Crippen MR) is 117 cm³/mol. The fraction of sp³-hybridized carbons (Fsp3) is 0.292. The zero-order valence-corrected chi connectivity index (χ0v) is 17.8. The van der Waals surface area contributed by atoms with Crippen LogP contribution in [0.5, 0.6) is 11.5 Å². The number of aryl methyl sites for hydroxylation is 1. The van der Waals surface area contributed by atoms with Crippen LogP contribution < -0.4 is 14.8 Å². The van der Waals surface area contributed by atoms with Crippen LogP contribution in [0.15, 0.2) is 60.1 Å². The zero-order chi connectivity index (χ0) is 21.5. The number of anilines is 1. The molecule has 1 aromatic heterocycles. The molecule has 7 nitrogen and oxygen atoms in total. The van der Waals surface area contributed by atoms with E-state index in [1.807, 2.05) is 30.3 Å². The second kappa shape index (κ2) is 7.58. The number of allylic oxidation sites excluding steroid dienone is 2. The summed E-state index contributed by atoms with van der Waals surface area (Å²) in [5.74, 6) is 2.16. The first kappa shape index (κ1) is 19.4. The fourth-order valence-electron chi connectivity index (χ4n) is 4.75. The summed E-state index contributed by atoms with van der Waals surface area (Å²) in [4.78, 5) is 17.9. The Bertz CT molecular complexity index is 1200. The number of aromatic nitrogens is 3. The summed E-state index contributed by atoms with van der Waals surface area (Å²) < 4.78 is 12.7. The first-order chi connectivity index (χ1) is 15.1. The minimum atomic E-state index is -0.362. The van der Waals surface area contributed by atoms with E-state index < -0.39 is 0 Å². The normalized spacial score (nSPS) is 20.0. The standard InChI is InChI=1S/C24H24N4O3/c1-14-6-4-5-7-17(14)16-10-18-22(19(29)11-16)23(28-24(27-18)25-13-26-28)15-8-9-20(30-2)21(12-15)31-3/h4-9,12-13,16,23H,10-11H2,1-3H3,(H,25,26,27)/t16-,23-/m1/s1. The number of carbonyl (C=O) groups excluding carboxylic acids is 1. The highest BCUT2D eigenvalue weighted by Crippen LogP contribution is 2.45. The molecule has 2 atom stereocenters. The van der Waals surface area contributed by atoms with E-state index in [1.165, 1.54) is 17.5 Å². The Morgan fingerprint density at radius 3 is 2.65 bits per heavy atom. The van der Waals surface area contributed by atoms with Crippen LogP contribution in [0.4, 0.5) is 5.95 Å². The molecule has 1 aliphatic carbocycles. The molecule has 0 fully saturated rings. The van der Waals surface area contributed by atoms with Crippen LogP contribution in [0.3, 0.4) is 0 Å². The SMILES string of the molecule is COc1ccc([C@@H]2C3=C(C[C@@H](c4ccccc4C)CC3=O)Nc3ncnn32)cc1OC. The Balaban J connectivity index is 1.61. The van der Waals surface area contributed by atoms with Crippen molar-refractivity contribution >= 4 is 11.7 Å². The number of hydrogen-bond donors (Lipinski definition) is 1. The van der Waals surface area contributed by atoms with Crippen molar-refractivity contribution in [2.24, 2.45) is 0 Å². The lowest BCUT2D eigenvalue weighted by Crippen LogP contribution is -2.33. The Kier molecular flexibility index (Phi) is 4.73. The quantitative estimate of drug-likeness (QED) is 0.692.